The summed E-state index contributed by atoms with van der Waals surface area (Å²) in [5, 5.41) is 17.3. The first-order valence-electron chi connectivity index (χ1n) is 4.52. The van der Waals surface area contributed by atoms with E-state index in [2.05, 4.69) is 10.3 Å². The van der Waals surface area contributed by atoms with Crippen molar-refractivity contribution in [3.63, 3.8) is 0 Å². The van der Waals surface area contributed by atoms with Crippen molar-refractivity contribution in [1.82, 2.24) is 15.0 Å². The molecule has 0 aliphatic rings. The molecule has 0 atom stereocenters. The maximum absolute atomic E-state index is 9.01. The molecule has 0 radical (unpaired) electrons. The smallest absolute Gasteiger partial charge is 0.0866 e. The van der Waals surface area contributed by atoms with Gasteiger partial charge in [-0.3, -0.25) is 0 Å². The number of aliphatic hydroxyl groups is 1. The summed E-state index contributed by atoms with van der Waals surface area (Å²) in [7, 11) is 0. The maximum Gasteiger partial charge on any atom is 0.0866 e. The van der Waals surface area contributed by atoms with Crippen molar-refractivity contribution < 1.29 is 5.11 Å². The number of rotatable bonds is 3. The standard InChI is InChI=1S/C10H10ClN3O/c11-9-3-1-8(2-4-9)6-14-10(7-15)5-12-13-14/h1-5,15H,6-7H2. The molecule has 0 aliphatic heterocycles. The number of hydrogen-bond donors (Lipinski definition) is 1. The van der Waals surface area contributed by atoms with Gasteiger partial charge in [0.1, 0.15) is 0 Å². The minimum atomic E-state index is -0.0550. The zero-order valence-corrected chi connectivity index (χ0v) is 8.72. The molecule has 0 fully saturated rings. The van der Waals surface area contributed by atoms with Crippen LogP contribution in [0.25, 0.3) is 0 Å². The lowest BCUT2D eigenvalue weighted by Gasteiger charge is -2.04. The van der Waals surface area contributed by atoms with E-state index in [0.29, 0.717) is 17.3 Å². The highest BCUT2D eigenvalue weighted by molar-refractivity contribution is 6.30. The van der Waals surface area contributed by atoms with Crippen LogP contribution in [0.4, 0.5) is 0 Å². The maximum atomic E-state index is 9.01. The fourth-order valence-corrected chi connectivity index (χ4v) is 1.42. The zero-order chi connectivity index (χ0) is 10.7. The first-order valence-corrected chi connectivity index (χ1v) is 4.90. The molecule has 0 amide bonds. The third kappa shape index (κ3) is 2.34. The third-order valence-corrected chi connectivity index (χ3v) is 2.36. The van der Waals surface area contributed by atoms with E-state index in [4.69, 9.17) is 16.7 Å². The van der Waals surface area contributed by atoms with Gasteiger partial charge in [0.2, 0.25) is 0 Å². The molecule has 0 spiro atoms. The van der Waals surface area contributed by atoms with E-state index in [1.54, 1.807) is 10.9 Å². The highest BCUT2D eigenvalue weighted by atomic mass is 35.5. The van der Waals surface area contributed by atoms with Crippen molar-refractivity contribution in [2.45, 2.75) is 13.2 Å². The number of aliphatic hydroxyl groups excluding tert-OH is 1. The predicted octanol–water partition coefficient (Wildman–Crippen LogP) is 1.47. The van der Waals surface area contributed by atoms with Crippen molar-refractivity contribution in [2.75, 3.05) is 0 Å². The van der Waals surface area contributed by atoms with Crippen LogP contribution in [0.3, 0.4) is 0 Å². The van der Waals surface area contributed by atoms with Crippen molar-refractivity contribution in [3.8, 4) is 0 Å². The van der Waals surface area contributed by atoms with Crippen LogP contribution in [0, 0.1) is 0 Å². The average molecular weight is 224 g/mol. The second-order valence-corrected chi connectivity index (χ2v) is 3.60. The van der Waals surface area contributed by atoms with Crippen LogP contribution in [-0.2, 0) is 13.2 Å². The van der Waals surface area contributed by atoms with E-state index in [9.17, 15) is 0 Å². The molecule has 1 aromatic heterocycles. The molecule has 0 unspecified atom stereocenters. The Morgan fingerprint density at radius 1 is 1.27 bits per heavy atom. The lowest BCUT2D eigenvalue weighted by atomic mass is 10.2. The molecule has 78 valence electrons. The average Bonchev–Trinajstić information content (AvgIpc) is 2.69. The van der Waals surface area contributed by atoms with Gasteiger partial charge in [-0.25, -0.2) is 4.68 Å². The molecule has 0 aliphatic carbocycles. The molecule has 0 bridgehead atoms. The van der Waals surface area contributed by atoms with Gasteiger partial charge in [-0.2, -0.15) is 0 Å². The second-order valence-electron chi connectivity index (χ2n) is 3.17. The lowest BCUT2D eigenvalue weighted by Crippen LogP contribution is -2.06. The van der Waals surface area contributed by atoms with Crippen LogP contribution in [0.1, 0.15) is 11.3 Å². The van der Waals surface area contributed by atoms with E-state index in [0.717, 1.165) is 5.56 Å². The van der Waals surface area contributed by atoms with E-state index >= 15 is 0 Å². The predicted molar refractivity (Wildman–Crippen MR) is 56.5 cm³/mol. The lowest BCUT2D eigenvalue weighted by molar-refractivity contribution is 0.269. The Balaban J connectivity index is 2.18. The SMILES string of the molecule is OCc1cnnn1Cc1ccc(Cl)cc1. The third-order valence-electron chi connectivity index (χ3n) is 2.11. The largest absolute Gasteiger partial charge is 0.390 e. The topological polar surface area (TPSA) is 50.9 Å². The van der Waals surface area contributed by atoms with Gasteiger partial charge in [0.05, 0.1) is 25.0 Å². The number of hydrogen-bond acceptors (Lipinski definition) is 3. The summed E-state index contributed by atoms with van der Waals surface area (Å²) in [5.41, 5.74) is 1.77. The van der Waals surface area contributed by atoms with E-state index in [1.807, 2.05) is 24.3 Å². The van der Waals surface area contributed by atoms with Gasteiger partial charge in [-0.05, 0) is 17.7 Å². The van der Waals surface area contributed by atoms with Crippen LogP contribution in [0.5, 0.6) is 0 Å². The Labute approximate surface area is 92.1 Å². The Bertz CT molecular complexity index is 438. The summed E-state index contributed by atoms with van der Waals surface area (Å²) < 4.78 is 1.66. The van der Waals surface area contributed by atoms with E-state index < -0.39 is 0 Å². The molecule has 1 heterocycles. The first kappa shape index (κ1) is 10.1. The molecule has 2 aromatic rings. The van der Waals surface area contributed by atoms with E-state index in [-0.39, 0.29) is 6.61 Å². The van der Waals surface area contributed by atoms with Gasteiger partial charge >= 0.3 is 0 Å². The van der Waals surface area contributed by atoms with Crippen LogP contribution in [0.15, 0.2) is 30.5 Å². The minimum absolute atomic E-state index is 0.0550. The van der Waals surface area contributed by atoms with Gasteiger partial charge in [-0.15, -0.1) is 5.10 Å². The molecular weight excluding hydrogens is 214 g/mol. The molecule has 1 N–H and O–H groups in total. The highest BCUT2D eigenvalue weighted by Gasteiger charge is 2.02. The zero-order valence-electron chi connectivity index (χ0n) is 7.97. The molecule has 0 saturated heterocycles. The number of halogens is 1. The Kier molecular flexibility index (Phi) is 2.99. The number of aromatic nitrogens is 3. The molecule has 1 aromatic carbocycles. The Morgan fingerprint density at radius 3 is 2.67 bits per heavy atom. The normalized spacial score (nSPS) is 10.5. The van der Waals surface area contributed by atoms with Gasteiger partial charge in [-0.1, -0.05) is 28.9 Å². The molecule has 0 saturated carbocycles. The van der Waals surface area contributed by atoms with Crippen LogP contribution in [0.2, 0.25) is 5.02 Å². The van der Waals surface area contributed by atoms with Crippen LogP contribution < -0.4 is 0 Å². The van der Waals surface area contributed by atoms with E-state index in [1.165, 1.54) is 0 Å². The first-order chi connectivity index (χ1) is 7.29. The summed E-state index contributed by atoms with van der Waals surface area (Å²) in [6.07, 6.45) is 1.55. The van der Waals surface area contributed by atoms with Gasteiger partial charge in [0.25, 0.3) is 0 Å². The minimum Gasteiger partial charge on any atom is -0.390 e. The molecular formula is C10H10ClN3O. The summed E-state index contributed by atoms with van der Waals surface area (Å²) >= 11 is 5.78. The summed E-state index contributed by atoms with van der Waals surface area (Å²) in [5.74, 6) is 0. The summed E-state index contributed by atoms with van der Waals surface area (Å²) in [6.45, 7) is 0.535. The summed E-state index contributed by atoms with van der Waals surface area (Å²) in [6, 6.07) is 7.50. The van der Waals surface area contributed by atoms with Crippen molar-refractivity contribution in [2.24, 2.45) is 0 Å². The molecule has 5 heteroatoms. The Morgan fingerprint density at radius 2 is 2.00 bits per heavy atom. The van der Waals surface area contributed by atoms with Gasteiger partial charge in [0, 0.05) is 5.02 Å². The van der Waals surface area contributed by atoms with Crippen molar-refractivity contribution in [1.29, 1.82) is 0 Å². The number of nitrogens with zero attached hydrogens (tertiary/aromatic N) is 3. The highest BCUT2D eigenvalue weighted by Crippen LogP contribution is 2.11. The molecule has 4 nitrogen and oxygen atoms in total. The van der Waals surface area contributed by atoms with Crippen LogP contribution in [-0.4, -0.2) is 20.1 Å². The van der Waals surface area contributed by atoms with Crippen LogP contribution >= 0.6 is 11.6 Å². The van der Waals surface area contributed by atoms with Crippen molar-refractivity contribution in [3.05, 3.63) is 46.7 Å². The van der Waals surface area contributed by atoms with Gasteiger partial charge < -0.3 is 5.11 Å². The summed E-state index contributed by atoms with van der Waals surface area (Å²) in [4.78, 5) is 0. The monoisotopic (exact) mass is 223 g/mol. The molecule has 2 rings (SSSR count). The fraction of sp³-hybridized carbons (Fsp3) is 0.200. The fourth-order valence-electron chi connectivity index (χ4n) is 1.30. The second kappa shape index (κ2) is 4.42. The quantitative estimate of drug-likeness (QED) is 0.858. The number of benzene rings is 1. The Hall–Kier alpha value is -1.39. The van der Waals surface area contributed by atoms with Gasteiger partial charge in [0.15, 0.2) is 0 Å². The molecule has 15 heavy (non-hydrogen) atoms. The van der Waals surface area contributed by atoms with Crippen molar-refractivity contribution >= 4 is 11.6 Å².